The molecule has 0 fully saturated rings. The zero-order valence-electron chi connectivity index (χ0n) is 10.7. The van der Waals surface area contributed by atoms with Crippen molar-refractivity contribution in [3.8, 4) is 0 Å². The molecule has 2 amide bonds. The molecule has 0 aliphatic rings. The van der Waals surface area contributed by atoms with Crippen LogP contribution in [0.4, 0.5) is 4.79 Å². The lowest BCUT2D eigenvalue weighted by molar-refractivity contribution is 0.0483. The number of hydrogen-bond acceptors (Lipinski definition) is 3. The van der Waals surface area contributed by atoms with Crippen molar-refractivity contribution >= 4 is 35.2 Å². The number of amides is 2. The van der Waals surface area contributed by atoms with E-state index in [9.17, 15) is 9.59 Å². The first-order valence-electron chi connectivity index (χ1n) is 5.43. The van der Waals surface area contributed by atoms with Crippen LogP contribution in [0.5, 0.6) is 0 Å². The largest absolute Gasteiger partial charge is 0.443 e. The topological polar surface area (TPSA) is 67.4 Å². The van der Waals surface area contributed by atoms with Crippen molar-refractivity contribution in [1.29, 1.82) is 0 Å². The van der Waals surface area contributed by atoms with Gasteiger partial charge in [0.05, 0.1) is 0 Å². The van der Waals surface area contributed by atoms with Gasteiger partial charge in [0.2, 0.25) is 0 Å². The lowest BCUT2D eigenvalue weighted by Crippen LogP contribution is -2.44. The molecule has 0 saturated heterocycles. The highest BCUT2D eigenvalue weighted by Crippen LogP contribution is 2.18. The summed E-state index contributed by atoms with van der Waals surface area (Å²) in [5.41, 5.74) is 3.91. The minimum Gasteiger partial charge on any atom is -0.443 e. The Morgan fingerprint density at radius 2 is 1.58 bits per heavy atom. The second-order valence-electron chi connectivity index (χ2n) is 4.74. The minimum absolute atomic E-state index is 0.230. The van der Waals surface area contributed by atoms with Gasteiger partial charge in [-0.1, -0.05) is 23.2 Å². The fourth-order valence-electron chi connectivity index (χ4n) is 1.17. The number of rotatable bonds is 1. The number of ether oxygens (including phenoxy) is 1. The average Bonchev–Trinajstić information content (AvgIpc) is 2.22. The Morgan fingerprint density at radius 1 is 1.05 bits per heavy atom. The molecular weight excluding hydrogens is 291 g/mol. The SMILES string of the molecule is CC(C)(C)OC(=O)NNC(=O)c1cc(Cl)cc(Cl)c1. The molecule has 7 heteroatoms. The second-order valence-corrected chi connectivity index (χ2v) is 5.61. The zero-order chi connectivity index (χ0) is 14.6. The molecule has 0 saturated carbocycles. The minimum atomic E-state index is -0.756. The van der Waals surface area contributed by atoms with Crippen LogP contribution in [-0.2, 0) is 4.74 Å². The van der Waals surface area contributed by atoms with Gasteiger partial charge in [0.1, 0.15) is 5.60 Å². The molecule has 0 atom stereocenters. The molecule has 0 bridgehead atoms. The lowest BCUT2D eigenvalue weighted by Gasteiger charge is -2.19. The smallest absolute Gasteiger partial charge is 0.426 e. The molecule has 0 heterocycles. The van der Waals surface area contributed by atoms with Gasteiger partial charge in [0.25, 0.3) is 5.91 Å². The molecule has 0 unspecified atom stereocenters. The maximum Gasteiger partial charge on any atom is 0.426 e. The fraction of sp³-hybridized carbons (Fsp3) is 0.333. The van der Waals surface area contributed by atoms with Crippen molar-refractivity contribution < 1.29 is 14.3 Å². The molecule has 2 N–H and O–H groups in total. The monoisotopic (exact) mass is 304 g/mol. The number of hydrazine groups is 1. The van der Waals surface area contributed by atoms with Crippen LogP contribution in [0.3, 0.4) is 0 Å². The van der Waals surface area contributed by atoms with E-state index in [0.717, 1.165) is 0 Å². The second kappa shape index (κ2) is 6.12. The third-order valence-corrected chi connectivity index (χ3v) is 2.24. The van der Waals surface area contributed by atoms with E-state index in [0.29, 0.717) is 10.0 Å². The van der Waals surface area contributed by atoms with Gasteiger partial charge in [-0.3, -0.25) is 10.2 Å². The Morgan fingerprint density at radius 3 is 2.05 bits per heavy atom. The third kappa shape index (κ3) is 5.81. The quantitative estimate of drug-likeness (QED) is 0.783. The molecule has 1 aromatic rings. The maximum atomic E-state index is 11.7. The highest BCUT2D eigenvalue weighted by atomic mass is 35.5. The number of benzene rings is 1. The van der Waals surface area contributed by atoms with Gasteiger partial charge in [0, 0.05) is 15.6 Å². The Kier molecular flexibility index (Phi) is 5.03. The van der Waals surface area contributed by atoms with Crippen molar-refractivity contribution in [2.45, 2.75) is 26.4 Å². The van der Waals surface area contributed by atoms with Crippen LogP contribution in [0.2, 0.25) is 10.0 Å². The summed E-state index contributed by atoms with van der Waals surface area (Å²) >= 11 is 11.5. The number of carbonyl (C=O) groups excluding carboxylic acids is 2. The van der Waals surface area contributed by atoms with E-state index < -0.39 is 17.6 Å². The molecule has 0 aliphatic heterocycles. The summed E-state index contributed by atoms with van der Waals surface area (Å²) in [5.74, 6) is -0.546. The van der Waals surface area contributed by atoms with Crippen molar-refractivity contribution in [2.75, 3.05) is 0 Å². The summed E-state index contributed by atoms with van der Waals surface area (Å²) in [6, 6.07) is 4.36. The van der Waals surface area contributed by atoms with Crippen LogP contribution >= 0.6 is 23.2 Å². The van der Waals surface area contributed by atoms with Crippen LogP contribution in [-0.4, -0.2) is 17.6 Å². The van der Waals surface area contributed by atoms with Crippen molar-refractivity contribution in [2.24, 2.45) is 0 Å². The van der Waals surface area contributed by atoms with Gasteiger partial charge in [0.15, 0.2) is 0 Å². The molecule has 0 aromatic heterocycles. The van der Waals surface area contributed by atoms with E-state index in [4.69, 9.17) is 27.9 Å². The zero-order valence-corrected chi connectivity index (χ0v) is 12.2. The summed E-state index contributed by atoms with van der Waals surface area (Å²) < 4.78 is 4.95. The van der Waals surface area contributed by atoms with Crippen LogP contribution < -0.4 is 10.9 Å². The standard InChI is InChI=1S/C12H14Cl2N2O3/c1-12(2,3)19-11(18)16-15-10(17)7-4-8(13)6-9(14)5-7/h4-6H,1-3H3,(H,15,17)(H,16,18). The molecule has 1 aromatic carbocycles. The molecule has 0 radical (unpaired) electrons. The summed E-state index contributed by atoms with van der Waals surface area (Å²) in [4.78, 5) is 23.0. The summed E-state index contributed by atoms with van der Waals surface area (Å²) in [7, 11) is 0. The number of nitrogens with one attached hydrogen (secondary N) is 2. The molecular formula is C12H14Cl2N2O3. The molecule has 0 spiro atoms. The predicted octanol–water partition coefficient (Wildman–Crippen LogP) is 3.16. The normalized spacial score (nSPS) is 10.8. The van der Waals surface area contributed by atoms with Gasteiger partial charge in [-0.05, 0) is 39.0 Å². The van der Waals surface area contributed by atoms with E-state index in [1.54, 1.807) is 20.8 Å². The first-order chi connectivity index (χ1) is 8.67. The fourth-order valence-corrected chi connectivity index (χ4v) is 1.69. The first-order valence-corrected chi connectivity index (χ1v) is 6.18. The Hall–Kier alpha value is -1.46. The van der Waals surface area contributed by atoms with E-state index in [1.807, 2.05) is 0 Å². The molecule has 5 nitrogen and oxygen atoms in total. The van der Waals surface area contributed by atoms with Crippen molar-refractivity contribution in [3.05, 3.63) is 33.8 Å². The van der Waals surface area contributed by atoms with Crippen molar-refractivity contribution in [3.63, 3.8) is 0 Å². The van der Waals surface area contributed by atoms with Crippen LogP contribution in [0.1, 0.15) is 31.1 Å². The number of hydrogen-bond donors (Lipinski definition) is 2. The van der Waals surface area contributed by atoms with Crippen LogP contribution in [0.15, 0.2) is 18.2 Å². The Labute approximate surface area is 121 Å². The number of halogens is 2. The molecule has 1 rings (SSSR count). The first kappa shape index (κ1) is 15.6. The van der Waals surface area contributed by atoms with Gasteiger partial charge in [-0.2, -0.15) is 0 Å². The van der Waals surface area contributed by atoms with Crippen LogP contribution in [0.25, 0.3) is 0 Å². The van der Waals surface area contributed by atoms with Crippen LogP contribution in [0, 0.1) is 0 Å². The molecule has 0 aliphatic carbocycles. The van der Waals surface area contributed by atoms with Gasteiger partial charge < -0.3 is 4.74 Å². The average molecular weight is 305 g/mol. The lowest BCUT2D eigenvalue weighted by atomic mass is 10.2. The summed E-state index contributed by atoms with van der Waals surface area (Å²) in [6.07, 6.45) is -0.756. The van der Waals surface area contributed by atoms with E-state index >= 15 is 0 Å². The maximum absolute atomic E-state index is 11.7. The van der Waals surface area contributed by atoms with Gasteiger partial charge in [-0.25, -0.2) is 10.2 Å². The van der Waals surface area contributed by atoms with E-state index in [1.165, 1.54) is 18.2 Å². The number of carbonyl (C=O) groups is 2. The Bertz CT molecular complexity index is 478. The predicted molar refractivity (Wildman–Crippen MR) is 73.3 cm³/mol. The van der Waals surface area contributed by atoms with E-state index in [-0.39, 0.29) is 5.56 Å². The van der Waals surface area contributed by atoms with Gasteiger partial charge in [-0.15, -0.1) is 0 Å². The third-order valence-electron chi connectivity index (χ3n) is 1.80. The molecule has 104 valence electrons. The van der Waals surface area contributed by atoms with Gasteiger partial charge >= 0.3 is 6.09 Å². The highest BCUT2D eigenvalue weighted by molar-refractivity contribution is 6.35. The summed E-state index contributed by atoms with van der Waals surface area (Å²) in [5, 5.41) is 0.657. The van der Waals surface area contributed by atoms with Crippen molar-refractivity contribution in [1.82, 2.24) is 10.9 Å². The van der Waals surface area contributed by atoms with E-state index in [2.05, 4.69) is 10.9 Å². The Balaban J connectivity index is 2.58. The summed E-state index contributed by atoms with van der Waals surface area (Å²) in [6.45, 7) is 5.14. The molecule has 19 heavy (non-hydrogen) atoms. The highest BCUT2D eigenvalue weighted by Gasteiger charge is 2.17.